The summed E-state index contributed by atoms with van der Waals surface area (Å²) in [7, 11) is -1.76. The molecule has 5 N–H and O–H groups in total. The van der Waals surface area contributed by atoms with Crippen LogP contribution in [0.25, 0.3) is 0 Å². The molecule has 0 spiro atoms. The summed E-state index contributed by atoms with van der Waals surface area (Å²) in [5, 5.41) is 26.5. The largest absolute Gasteiger partial charge is 0.488 e. The van der Waals surface area contributed by atoms with Gasteiger partial charge in [-0.25, -0.2) is 4.39 Å². The lowest BCUT2D eigenvalue weighted by atomic mass is 9.79. The molecule has 0 aliphatic rings. The quantitative estimate of drug-likeness (QED) is 0.498. The Morgan fingerprint density at radius 3 is 2.53 bits per heavy atom. The van der Waals surface area contributed by atoms with Crippen molar-refractivity contribution in [1.82, 2.24) is 0 Å². The summed E-state index contributed by atoms with van der Waals surface area (Å²) in [5.74, 6) is -1.95. The standard InChI is InChI=1S/C10H13BFNO4/c1-10(13,9(14)15)5-6-2-3-7(11(16)17)4-8(6)12/h2-4,16-17H,5,13H2,1H3,(H,14,15)/t10-/m1/s1. The van der Waals surface area contributed by atoms with Crippen molar-refractivity contribution in [2.75, 3.05) is 0 Å². The second-order valence-electron chi connectivity index (χ2n) is 4.12. The van der Waals surface area contributed by atoms with E-state index in [1.54, 1.807) is 0 Å². The molecule has 0 radical (unpaired) electrons. The highest BCUT2D eigenvalue weighted by molar-refractivity contribution is 6.58. The van der Waals surface area contributed by atoms with E-state index in [2.05, 4.69) is 0 Å². The highest BCUT2D eigenvalue weighted by atomic mass is 19.1. The fraction of sp³-hybridized carbons (Fsp3) is 0.300. The summed E-state index contributed by atoms with van der Waals surface area (Å²) in [4.78, 5) is 10.8. The summed E-state index contributed by atoms with van der Waals surface area (Å²) in [6, 6.07) is 3.54. The first-order valence-corrected chi connectivity index (χ1v) is 4.91. The molecule has 0 aliphatic heterocycles. The molecule has 1 aromatic carbocycles. The van der Waals surface area contributed by atoms with E-state index in [9.17, 15) is 9.18 Å². The lowest BCUT2D eigenvalue weighted by Crippen LogP contribution is -2.47. The first-order chi connectivity index (χ1) is 7.74. The zero-order chi connectivity index (χ0) is 13.2. The van der Waals surface area contributed by atoms with Crippen molar-refractivity contribution in [3.05, 3.63) is 29.6 Å². The number of aliphatic carboxylic acids is 1. The van der Waals surface area contributed by atoms with Gasteiger partial charge in [0.1, 0.15) is 11.4 Å². The number of hydrogen-bond donors (Lipinski definition) is 4. The average Bonchev–Trinajstić information content (AvgIpc) is 2.20. The highest BCUT2D eigenvalue weighted by Gasteiger charge is 2.29. The van der Waals surface area contributed by atoms with E-state index >= 15 is 0 Å². The topological polar surface area (TPSA) is 104 Å². The van der Waals surface area contributed by atoms with Crippen molar-refractivity contribution in [2.24, 2.45) is 5.73 Å². The Balaban J connectivity index is 2.98. The van der Waals surface area contributed by atoms with Crippen LogP contribution in [-0.4, -0.2) is 33.8 Å². The smallest absolute Gasteiger partial charge is 0.480 e. The van der Waals surface area contributed by atoms with E-state index in [-0.39, 0.29) is 17.4 Å². The third-order valence-electron chi connectivity index (χ3n) is 2.42. The minimum absolute atomic E-state index is 0.000277. The van der Waals surface area contributed by atoms with Crippen molar-refractivity contribution in [3.63, 3.8) is 0 Å². The Kier molecular flexibility index (Phi) is 3.87. The molecular weight excluding hydrogens is 228 g/mol. The van der Waals surface area contributed by atoms with Gasteiger partial charge in [0.15, 0.2) is 0 Å². The molecule has 1 atom stereocenters. The third-order valence-corrected chi connectivity index (χ3v) is 2.42. The summed E-state index contributed by atoms with van der Waals surface area (Å²) in [6.07, 6.45) is -0.185. The van der Waals surface area contributed by atoms with Crippen LogP contribution >= 0.6 is 0 Å². The van der Waals surface area contributed by atoms with Crippen LogP contribution in [0.1, 0.15) is 12.5 Å². The van der Waals surface area contributed by atoms with Crippen LogP contribution in [-0.2, 0) is 11.2 Å². The highest BCUT2D eigenvalue weighted by Crippen LogP contribution is 2.13. The Bertz CT molecular complexity index is 436. The fourth-order valence-corrected chi connectivity index (χ4v) is 1.34. The van der Waals surface area contributed by atoms with E-state index in [1.807, 2.05) is 0 Å². The molecule has 0 aromatic heterocycles. The molecule has 0 unspecified atom stereocenters. The zero-order valence-corrected chi connectivity index (χ0v) is 9.22. The van der Waals surface area contributed by atoms with Gasteiger partial charge in [-0.2, -0.15) is 0 Å². The van der Waals surface area contributed by atoms with Crippen molar-refractivity contribution in [2.45, 2.75) is 18.9 Å². The Labute approximate surface area is 97.8 Å². The van der Waals surface area contributed by atoms with Crippen molar-refractivity contribution in [3.8, 4) is 0 Å². The molecule has 7 heteroatoms. The van der Waals surface area contributed by atoms with Gasteiger partial charge in [-0.15, -0.1) is 0 Å². The normalized spacial score (nSPS) is 14.2. The maximum Gasteiger partial charge on any atom is 0.488 e. The van der Waals surface area contributed by atoms with Gasteiger partial charge < -0.3 is 20.9 Å². The van der Waals surface area contributed by atoms with Gasteiger partial charge in [-0.1, -0.05) is 12.1 Å². The fourth-order valence-electron chi connectivity index (χ4n) is 1.34. The van der Waals surface area contributed by atoms with E-state index in [0.717, 1.165) is 6.07 Å². The van der Waals surface area contributed by atoms with Gasteiger partial charge in [0.2, 0.25) is 0 Å². The van der Waals surface area contributed by atoms with Crippen LogP contribution in [0.5, 0.6) is 0 Å². The lowest BCUT2D eigenvalue weighted by Gasteiger charge is -2.19. The summed E-state index contributed by atoms with van der Waals surface area (Å²) in [5.41, 5.74) is 4.04. The second kappa shape index (κ2) is 4.83. The van der Waals surface area contributed by atoms with E-state index in [1.165, 1.54) is 19.1 Å². The SMILES string of the molecule is C[C@@](N)(Cc1ccc(B(O)O)cc1F)C(=O)O. The maximum absolute atomic E-state index is 13.5. The molecule has 5 nitrogen and oxygen atoms in total. The molecule has 0 saturated carbocycles. The number of benzene rings is 1. The van der Waals surface area contributed by atoms with Gasteiger partial charge in [-0.3, -0.25) is 4.79 Å². The molecule has 0 fully saturated rings. The molecular formula is C10H13BFNO4. The minimum Gasteiger partial charge on any atom is -0.480 e. The average molecular weight is 241 g/mol. The summed E-state index contributed by atoms with van der Waals surface area (Å²) in [6.45, 7) is 1.28. The predicted octanol–water partition coefficient (Wildman–Crippen LogP) is -1.15. The maximum atomic E-state index is 13.5. The molecule has 0 heterocycles. The molecule has 1 aromatic rings. The number of halogens is 1. The number of hydrogen-bond acceptors (Lipinski definition) is 4. The lowest BCUT2D eigenvalue weighted by molar-refractivity contribution is -0.142. The second-order valence-corrected chi connectivity index (χ2v) is 4.12. The van der Waals surface area contributed by atoms with Crippen LogP contribution in [0, 0.1) is 5.82 Å². The van der Waals surface area contributed by atoms with Gasteiger partial charge in [0.25, 0.3) is 0 Å². The summed E-state index contributed by atoms with van der Waals surface area (Å²) >= 11 is 0. The van der Waals surface area contributed by atoms with Crippen molar-refractivity contribution < 1.29 is 24.3 Å². The molecule has 0 bridgehead atoms. The predicted molar refractivity (Wildman–Crippen MR) is 60.2 cm³/mol. The molecule has 0 saturated heterocycles. The van der Waals surface area contributed by atoms with E-state index < -0.39 is 24.4 Å². The monoisotopic (exact) mass is 241 g/mol. The van der Waals surface area contributed by atoms with E-state index in [0.29, 0.717) is 0 Å². The Morgan fingerprint density at radius 1 is 1.53 bits per heavy atom. The summed E-state index contributed by atoms with van der Waals surface area (Å²) < 4.78 is 13.5. The molecule has 1 rings (SSSR count). The first kappa shape index (κ1) is 13.6. The number of nitrogens with two attached hydrogens (primary N) is 1. The van der Waals surface area contributed by atoms with Crippen LogP contribution in [0.15, 0.2) is 18.2 Å². The Morgan fingerprint density at radius 2 is 2.12 bits per heavy atom. The van der Waals surface area contributed by atoms with Crippen LogP contribution in [0.4, 0.5) is 4.39 Å². The van der Waals surface area contributed by atoms with Gasteiger partial charge in [0, 0.05) is 6.42 Å². The molecule has 17 heavy (non-hydrogen) atoms. The van der Waals surface area contributed by atoms with Crippen LogP contribution in [0.2, 0.25) is 0 Å². The van der Waals surface area contributed by atoms with E-state index in [4.69, 9.17) is 20.9 Å². The van der Waals surface area contributed by atoms with Crippen LogP contribution in [0.3, 0.4) is 0 Å². The first-order valence-electron chi connectivity index (χ1n) is 4.91. The zero-order valence-electron chi connectivity index (χ0n) is 9.22. The Hall–Kier alpha value is -1.44. The molecule has 92 valence electrons. The third kappa shape index (κ3) is 3.26. The van der Waals surface area contributed by atoms with Crippen LogP contribution < -0.4 is 11.2 Å². The molecule has 0 aliphatic carbocycles. The number of rotatable bonds is 4. The van der Waals surface area contributed by atoms with Crippen molar-refractivity contribution >= 4 is 18.6 Å². The van der Waals surface area contributed by atoms with Gasteiger partial charge >= 0.3 is 13.1 Å². The number of carboxylic acid groups (broad SMARTS) is 1. The van der Waals surface area contributed by atoms with Crippen molar-refractivity contribution in [1.29, 1.82) is 0 Å². The number of carboxylic acids is 1. The minimum atomic E-state index is -1.76. The van der Waals surface area contributed by atoms with Gasteiger partial charge in [0.05, 0.1) is 0 Å². The molecule has 0 amide bonds. The number of carbonyl (C=O) groups is 1. The van der Waals surface area contributed by atoms with Gasteiger partial charge in [-0.05, 0) is 24.0 Å².